The van der Waals surface area contributed by atoms with Crippen LogP contribution < -0.4 is 21.3 Å². The zero-order chi connectivity index (χ0) is 32.4. The molecule has 0 aliphatic heterocycles. The van der Waals surface area contributed by atoms with Crippen LogP contribution in [0.4, 0.5) is 48.9 Å². The molecule has 20 heteroatoms. The van der Waals surface area contributed by atoms with Crippen molar-refractivity contribution in [1.82, 2.24) is 45.4 Å². The number of aromatic nitrogens is 8. The summed E-state index contributed by atoms with van der Waals surface area (Å²) in [4.78, 5) is 38.3. The van der Waals surface area contributed by atoms with Crippen molar-refractivity contribution >= 4 is 35.3 Å². The third-order valence-electron chi connectivity index (χ3n) is 6.82. The van der Waals surface area contributed by atoms with Gasteiger partial charge in [0, 0.05) is 42.4 Å². The predicted molar refractivity (Wildman–Crippen MR) is 149 cm³/mol. The van der Waals surface area contributed by atoms with E-state index < -0.39 is 42.2 Å². The van der Waals surface area contributed by atoms with E-state index in [0.29, 0.717) is 43.1 Å². The lowest BCUT2D eigenvalue weighted by Gasteiger charge is -2.36. The quantitative estimate of drug-likeness (QED) is 0.201. The van der Waals surface area contributed by atoms with E-state index in [1.807, 2.05) is 5.32 Å². The van der Waals surface area contributed by atoms with Gasteiger partial charge in [-0.05, 0) is 25.7 Å². The van der Waals surface area contributed by atoms with E-state index in [1.54, 1.807) is 0 Å². The van der Waals surface area contributed by atoms with Crippen LogP contribution >= 0.6 is 11.6 Å². The smallest absolute Gasteiger partial charge is 0.368 e. The number of anilines is 3. The van der Waals surface area contributed by atoms with Crippen molar-refractivity contribution in [3.8, 4) is 22.6 Å². The largest absolute Gasteiger partial charge is 0.420 e. The number of hydrogen-bond acceptors (Lipinski definition) is 10. The second-order valence-corrected chi connectivity index (χ2v) is 10.3. The lowest BCUT2D eigenvalue weighted by Crippen LogP contribution is -2.50. The van der Waals surface area contributed by atoms with E-state index in [1.165, 1.54) is 31.0 Å². The molecule has 238 valence electrons. The highest BCUT2D eigenvalue weighted by Crippen LogP contribution is 2.38. The van der Waals surface area contributed by atoms with Gasteiger partial charge in [0.25, 0.3) is 0 Å². The Labute approximate surface area is 255 Å². The number of aromatic amines is 1. The van der Waals surface area contributed by atoms with Gasteiger partial charge in [-0.1, -0.05) is 11.6 Å². The maximum absolute atomic E-state index is 13.6. The Morgan fingerprint density at radius 1 is 0.956 bits per heavy atom. The van der Waals surface area contributed by atoms with Gasteiger partial charge in [0.05, 0.1) is 23.1 Å². The number of nitrogens with two attached hydrogens (primary N) is 1. The molecule has 0 atom stereocenters. The lowest BCUT2D eigenvalue weighted by molar-refractivity contribution is -0.137. The fourth-order valence-corrected chi connectivity index (χ4v) is 4.91. The Morgan fingerprint density at radius 3 is 2.24 bits per heavy atom. The number of rotatable bonds is 7. The summed E-state index contributed by atoms with van der Waals surface area (Å²) in [6.45, 7) is -1.55. The van der Waals surface area contributed by atoms with Crippen molar-refractivity contribution in [2.24, 2.45) is 0 Å². The highest BCUT2D eigenvalue weighted by atomic mass is 35.5. The third-order valence-corrected chi connectivity index (χ3v) is 7.11. The molecule has 13 nitrogen and oxygen atoms in total. The topological polar surface area (TPSA) is 176 Å². The molecule has 45 heavy (non-hydrogen) atoms. The Morgan fingerprint density at radius 2 is 1.67 bits per heavy atom. The molecular weight excluding hydrogens is 634 g/mol. The molecule has 2 amide bonds. The molecule has 0 unspecified atom stereocenters. The molecule has 0 spiro atoms. The number of carbonyl (C=O) groups is 1. The molecule has 0 aromatic carbocycles. The van der Waals surface area contributed by atoms with Crippen LogP contribution in [0, 0.1) is 0 Å². The number of amides is 2. The van der Waals surface area contributed by atoms with Crippen LogP contribution in [0.15, 0.2) is 37.2 Å². The molecule has 0 radical (unpaired) electrons. The fourth-order valence-electron chi connectivity index (χ4n) is 4.72. The highest BCUT2D eigenvalue weighted by molar-refractivity contribution is 6.32. The maximum atomic E-state index is 13.6. The summed E-state index contributed by atoms with van der Waals surface area (Å²) in [6, 6.07) is -1.93. The van der Waals surface area contributed by atoms with Gasteiger partial charge in [0.2, 0.25) is 11.9 Å². The number of carbonyl (C=O) groups excluding carboxylic acids is 1. The standard InChI is InChI=1S/C25H23ClF6N12O/c26-16-8-40-43-20(16)19-15(25(30,31)32)7-38-22(42-19)41-13-1-3-14(4-2-13)44(23(45)39-11-24(27,28)29)18-10-34-17(9-35-18)12-5-36-21(33)37-6-12/h5-10,13-14H,1-4,11H2,(H,39,45)(H,40,43)(H2,33,36,37)(H,38,41,42)/t13-,14-. The van der Waals surface area contributed by atoms with E-state index >= 15 is 0 Å². The monoisotopic (exact) mass is 656 g/mol. The molecule has 4 aromatic heterocycles. The van der Waals surface area contributed by atoms with Gasteiger partial charge in [0.1, 0.15) is 23.5 Å². The number of nitrogen functional groups attached to an aromatic ring is 1. The maximum Gasteiger partial charge on any atom is 0.420 e. The number of nitrogens with zero attached hydrogens (tertiary/aromatic N) is 8. The van der Waals surface area contributed by atoms with Crippen molar-refractivity contribution in [2.75, 3.05) is 22.5 Å². The summed E-state index contributed by atoms with van der Waals surface area (Å²) in [5.41, 5.74) is 4.48. The van der Waals surface area contributed by atoms with E-state index in [4.69, 9.17) is 17.3 Å². The van der Waals surface area contributed by atoms with Crippen LogP contribution in [-0.2, 0) is 6.18 Å². The van der Waals surface area contributed by atoms with Gasteiger partial charge in [-0.25, -0.2) is 29.7 Å². The van der Waals surface area contributed by atoms with E-state index in [0.717, 1.165) is 4.90 Å². The second-order valence-electron chi connectivity index (χ2n) is 9.92. The number of urea groups is 1. The number of H-pyrrole nitrogens is 1. The summed E-state index contributed by atoms with van der Waals surface area (Å²) >= 11 is 5.99. The normalized spacial score (nSPS) is 17.1. The summed E-state index contributed by atoms with van der Waals surface area (Å²) < 4.78 is 79.6. The van der Waals surface area contributed by atoms with Crippen molar-refractivity contribution in [3.05, 3.63) is 47.8 Å². The van der Waals surface area contributed by atoms with Gasteiger partial charge in [-0.2, -0.15) is 31.4 Å². The minimum absolute atomic E-state index is 0.0118. The van der Waals surface area contributed by atoms with Gasteiger partial charge >= 0.3 is 18.4 Å². The highest BCUT2D eigenvalue weighted by Gasteiger charge is 2.38. The molecule has 1 fully saturated rings. The Bertz CT molecular complexity index is 1620. The molecular formula is C25H23ClF6N12O. The molecule has 1 aliphatic carbocycles. The van der Waals surface area contributed by atoms with E-state index in [2.05, 4.69) is 45.4 Å². The minimum Gasteiger partial charge on any atom is -0.368 e. The fraction of sp³-hybridized carbons (Fsp3) is 0.360. The molecule has 0 bridgehead atoms. The van der Waals surface area contributed by atoms with Crippen molar-refractivity contribution in [1.29, 1.82) is 0 Å². The van der Waals surface area contributed by atoms with Crippen molar-refractivity contribution in [2.45, 2.75) is 50.1 Å². The van der Waals surface area contributed by atoms with Crippen LogP contribution in [0.2, 0.25) is 5.02 Å². The van der Waals surface area contributed by atoms with Gasteiger partial charge in [-0.15, -0.1) is 0 Å². The molecule has 5 rings (SSSR count). The van der Waals surface area contributed by atoms with Gasteiger partial charge in [-0.3, -0.25) is 15.0 Å². The zero-order valence-electron chi connectivity index (χ0n) is 22.9. The average Bonchev–Trinajstić information content (AvgIpc) is 3.42. The van der Waals surface area contributed by atoms with Gasteiger partial charge < -0.3 is 16.4 Å². The first-order valence-corrected chi connectivity index (χ1v) is 13.6. The first-order valence-electron chi connectivity index (χ1n) is 13.2. The second kappa shape index (κ2) is 12.7. The van der Waals surface area contributed by atoms with Crippen LogP contribution in [0.25, 0.3) is 22.6 Å². The molecule has 4 heterocycles. The number of alkyl halides is 6. The summed E-state index contributed by atoms with van der Waals surface area (Å²) in [6.07, 6.45) is -0.828. The van der Waals surface area contributed by atoms with Crippen LogP contribution in [-0.4, -0.2) is 70.9 Å². The Hall–Kier alpha value is -4.81. The van der Waals surface area contributed by atoms with E-state index in [9.17, 15) is 31.1 Å². The molecule has 5 N–H and O–H groups in total. The predicted octanol–water partition coefficient (Wildman–Crippen LogP) is 4.87. The zero-order valence-corrected chi connectivity index (χ0v) is 23.6. The third kappa shape index (κ3) is 7.65. The first-order chi connectivity index (χ1) is 21.3. The Balaban J connectivity index is 1.32. The minimum atomic E-state index is -4.77. The number of halogens is 7. The lowest BCUT2D eigenvalue weighted by atomic mass is 9.90. The van der Waals surface area contributed by atoms with Gasteiger partial charge in [0.15, 0.2) is 5.82 Å². The SMILES string of the molecule is Nc1ncc(-c2cnc(N(C(=O)NCC(F)(F)F)[C@H]3CC[C@H](Nc4ncc(C(F)(F)F)c(-c5n[nH]cc5Cl)n4)CC3)cn2)cn1. The molecule has 4 aromatic rings. The number of nitrogens with one attached hydrogen (secondary N) is 3. The van der Waals surface area contributed by atoms with Crippen molar-refractivity contribution < 1.29 is 31.1 Å². The van der Waals surface area contributed by atoms with Crippen molar-refractivity contribution in [3.63, 3.8) is 0 Å². The summed E-state index contributed by atoms with van der Waals surface area (Å²) in [5, 5.41) is 11.0. The van der Waals surface area contributed by atoms with Crippen LogP contribution in [0.1, 0.15) is 31.2 Å². The molecule has 1 saturated carbocycles. The molecule has 0 saturated heterocycles. The number of hydrogen-bond donors (Lipinski definition) is 4. The van der Waals surface area contributed by atoms with E-state index in [-0.39, 0.29) is 34.5 Å². The van der Waals surface area contributed by atoms with Crippen LogP contribution in [0.5, 0.6) is 0 Å². The summed E-state index contributed by atoms with van der Waals surface area (Å²) in [7, 11) is 0. The average molecular weight is 657 g/mol. The first kappa shape index (κ1) is 31.6. The molecule has 1 aliphatic rings. The summed E-state index contributed by atoms with van der Waals surface area (Å²) in [5.74, 6) is -0.0421. The Kier molecular flexibility index (Phi) is 8.89. The van der Waals surface area contributed by atoms with Crippen LogP contribution in [0.3, 0.4) is 0 Å².